The molecule has 2 atom stereocenters. The maximum absolute atomic E-state index is 9.71. The van der Waals surface area contributed by atoms with Crippen LogP contribution in [0.1, 0.15) is 59.3 Å². The Balaban J connectivity index is 2.37. The van der Waals surface area contributed by atoms with Crippen molar-refractivity contribution in [3.8, 4) is 0 Å². The molecule has 1 saturated carbocycles. The van der Waals surface area contributed by atoms with E-state index in [1.807, 2.05) is 6.92 Å². The van der Waals surface area contributed by atoms with E-state index in [4.69, 9.17) is 0 Å². The monoisotopic (exact) mass is 198 g/mol. The van der Waals surface area contributed by atoms with Gasteiger partial charge >= 0.3 is 0 Å². The molecule has 0 aliphatic heterocycles. The largest absolute Gasteiger partial charge is 0.393 e. The van der Waals surface area contributed by atoms with Crippen molar-refractivity contribution in [2.75, 3.05) is 0 Å². The zero-order valence-corrected chi connectivity index (χ0v) is 10.00. The Bertz CT molecular complexity index is 137. The molecule has 1 aliphatic rings. The van der Waals surface area contributed by atoms with Gasteiger partial charge in [-0.15, -0.1) is 0 Å². The van der Waals surface area contributed by atoms with Gasteiger partial charge in [-0.25, -0.2) is 0 Å². The van der Waals surface area contributed by atoms with Gasteiger partial charge in [0.15, 0.2) is 0 Å². The molecule has 0 spiro atoms. The van der Waals surface area contributed by atoms with Crippen LogP contribution < -0.4 is 0 Å². The molecule has 0 radical (unpaired) electrons. The average Bonchev–Trinajstić information content (AvgIpc) is 2.15. The second-order valence-corrected chi connectivity index (χ2v) is 5.39. The summed E-state index contributed by atoms with van der Waals surface area (Å²) in [5.41, 5.74) is 0. The predicted octanol–water partition coefficient (Wildman–Crippen LogP) is 3.61. The van der Waals surface area contributed by atoms with Gasteiger partial charge in [-0.1, -0.05) is 46.0 Å². The lowest BCUT2D eigenvalue weighted by Crippen LogP contribution is -2.25. The summed E-state index contributed by atoms with van der Waals surface area (Å²) in [7, 11) is 0. The predicted molar refractivity (Wildman–Crippen MR) is 61.2 cm³/mol. The molecule has 0 aromatic heterocycles. The Morgan fingerprint density at radius 2 is 1.64 bits per heavy atom. The van der Waals surface area contributed by atoms with Gasteiger partial charge in [0, 0.05) is 0 Å². The highest BCUT2D eigenvalue weighted by Gasteiger charge is 2.24. The third-order valence-corrected chi connectivity index (χ3v) is 3.81. The van der Waals surface area contributed by atoms with Crippen LogP contribution in [0, 0.1) is 17.8 Å². The van der Waals surface area contributed by atoms with Gasteiger partial charge in [0.25, 0.3) is 0 Å². The first-order chi connectivity index (χ1) is 6.61. The van der Waals surface area contributed by atoms with Crippen LogP contribution in [0.25, 0.3) is 0 Å². The molecule has 0 saturated heterocycles. The maximum atomic E-state index is 9.71. The van der Waals surface area contributed by atoms with E-state index in [1.165, 1.54) is 38.5 Å². The summed E-state index contributed by atoms with van der Waals surface area (Å²) in [6.07, 6.45) is 8.17. The fraction of sp³-hybridized carbons (Fsp3) is 1.00. The Morgan fingerprint density at radius 1 is 1.07 bits per heavy atom. The van der Waals surface area contributed by atoms with Gasteiger partial charge in [-0.05, 0) is 31.1 Å². The van der Waals surface area contributed by atoms with Gasteiger partial charge in [-0.3, -0.25) is 0 Å². The maximum Gasteiger partial charge on any atom is 0.0542 e. The molecule has 84 valence electrons. The smallest absolute Gasteiger partial charge is 0.0542 e. The molecule has 0 aromatic carbocycles. The van der Waals surface area contributed by atoms with E-state index >= 15 is 0 Å². The van der Waals surface area contributed by atoms with Gasteiger partial charge in [-0.2, -0.15) is 0 Å². The van der Waals surface area contributed by atoms with Crippen LogP contribution in [0.3, 0.4) is 0 Å². The van der Waals surface area contributed by atoms with Crippen molar-refractivity contribution in [3.63, 3.8) is 0 Å². The van der Waals surface area contributed by atoms with E-state index in [0.717, 1.165) is 5.92 Å². The van der Waals surface area contributed by atoms with Crippen LogP contribution in [0.4, 0.5) is 0 Å². The molecule has 0 aromatic rings. The summed E-state index contributed by atoms with van der Waals surface area (Å²) in [5, 5.41) is 9.71. The molecule has 14 heavy (non-hydrogen) atoms. The fourth-order valence-corrected chi connectivity index (χ4v) is 2.83. The van der Waals surface area contributed by atoms with Crippen molar-refractivity contribution in [1.29, 1.82) is 0 Å². The number of rotatable bonds is 4. The Labute approximate surface area is 88.9 Å². The van der Waals surface area contributed by atoms with Crippen LogP contribution in [0.15, 0.2) is 0 Å². The molecular weight excluding hydrogens is 172 g/mol. The Hall–Kier alpha value is -0.0400. The number of aliphatic hydroxyl groups is 1. The van der Waals surface area contributed by atoms with Crippen molar-refractivity contribution in [1.82, 2.24) is 0 Å². The minimum Gasteiger partial charge on any atom is -0.393 e. The van der Waals surface area contributed by atoms with Crippen molar-refractivity contribution in [2.24, 2.45) is 17.8 Å². The van der Waals surface area contributed by atoms with E-state index in [0.29, 0.717) is 11.8 Å². The SMILES string of the molecule is CC(C)[C@@H](CC1CCCCC1)[C@@H](C)O. The summed E-state index contributed by atoms with van der Waals surface area (Å²) >= 11 is 0. The molecule has 1 nitrogen and oxygen atoms in total. The molecule has 0 bridgehead atoms. The summed E-state index contributed by atoms with van der Waals surface area (Å²) in [4.78, 5) is 0. The molecule has 1 rings (SSSR count). The molecule has 0 amide bonds. The van der Waals surface area contributed by atoms with Crippen LogP contribution in [0.5, 0.6) is 0 Å². The Morgan fingerprint density at radius 3 is 2.07 bits per heavy atom. The summed E-state index contributed by atoms with van der Waals surface area (Å²) in [6.45, 7) is 6.42. The normalized spacial score (nSPS) is 23.8. The third kappa shape index (κ3) is 3.61. The van der Waals surface area contributed by atoms with Crippen molar-refractivity contribution < 1.29 is 5.11 Å². The highest BCUT2D eigenvalue weighted by atomic mass is 16.3. The van der Waals surface area contributed by atoms with Crippen LogP contribution in [0.2, 0.25) is 0 Å². The third-order valence-electron chi connectivity index (χ3n) is 3.81. The second-order valence-electron chi connectivity index (χ2n) is 5.39. The summed E-state index contributed by atoms with van der Waals surface area (Å²) in [5.74, 6) is 2.03. The van der Waals surface area contributed by atoms with E-state index < -0.39 is 0 Å². The van der Waals surface area contributed by atoms with Crippen molar-refractivity contribution in [2.45, 2.75) is 65.4 Å². The highest BCUT2D eigenvalue weighted by Crippen LogP contribution is 2.32. The molecule has 1 fully saturated rings. The minimum atomic E-state index is -0.128. The van der Waals surface area contributed by atoms with Gasteiger partial charge in [0.1, 0.15) is 0 Å². The fourth-order valence-electron chi connectivity index (χ4n) is 2.83. The topological polar surface area (TPSA) is 20.2 Å². The molecule has 1 N–H and O–H groups in total. The van der Waals surface area contributed by atoms with Crippen molar-refractivity contribution >= 4 is 0 Å². The van der Waals surface area contributed by atoms with E-state index in [-0.39, 0.29) is 6.10 Å². The van der Waals surface area contributed by atoms with Gasteiger partial charge in [0.05, 0.1) is 6.10 Å². The first-order valence-corrected chi connectivity index (χ1v) is 6.29. The van der Waals surface area contributed by atoms with E-state index in [2.05, 4.69) is 13.8 Å². The summed E-state index contributed by atoms with van der Waals surface area (Å²) in [6, 6.07) is 0. The number of aliphatic hydroxyl groups excluding tert-OH is 1. The standard InChI is InChI=1S/C13H26O/c1-10(2)13(11(3)14)9-12-7-5-4-6-8-12/h10-14H,4-9H2,1-3H3/t11-,13-/m1/s1. The average molecular weight is 198 g/mol. The molecule has 1 heteroatoms. The molecular formula is C13H26O. The first-order valence-electron chi connectivity index (χ1n) is 6.29. The number of hydrogen-bond acceptors (Lipinski definition) is 1. The second kappa shape index (κ2) is 5.75. The summed E-state index contributed by atoms with van der Waals surface area (Å²) < 4.78 is 0. The molecule has 0 heterocycles. The highest BCUT2D eigenvalue weighted by molar-refractivity contribution is 4.75. The van der Waals surface area contributed by atoms with E-state index in [1.54, 1.807) is 0 Å². The molecule has 0 unspecified atom stereocenters. The number of hydrogen-bond donors (Lipinski definition) is 1. The first kappa shape index (κ1) is 12.0. The van der Waals surface area contributed by atoms with Crippen LogP contribution in [-0.2, 0) is 0 Å². The minimum absolute atomic E-state index is 0.128. The van der Waals surface area contributed by atoms with Crippen molar-refractivity contribution in [3.05, 3.63) is 0 Å². The zero-order valence-electron chi connectivity index (χ0n) is 10.00. The lowest BCUT2D eigenvalue weighted by Gasteiger charge is -2.30. The van der Waals surface area contributed by atoms with Crippen LogP contribution in [-0.4, -0.2) is 11.2 Å². The van der Waals surface area contributed by atoms with Gasteiger partial charge < -0.3 is 5.11 Å². The quantitative estimate of drug-likeness (QED) is 0.731. The lowest BCUT2D eigenvalue weighted by atomic mass is 9.77. The van der Waals surface area contributed by atoms with Gasteiger partial charge in [0.2, 0.25) is 0 Å². The Kier molecular flexibility index (Phi) is 4.94. The van der Waals surface area contributed by atoms with Crippen LogP contribution >= 0.6 is 0 Å². The molecule has 1 aliphatic carbocycles. The zero-order chi connectivity index (χ0) is 10.6. The lowest BCUT2D eigenvalue weighted by molar-refractivity contribution is 0.0747. The van der Waals surface area contributed by atoms with E-state index in [9.17, 15) is 5.11 Å².